The lowest BCUT2D eigenvalue weighted by molar-refractivity contribution is -0.131. The number of nitrogens with zero attached hydrogens (tertiary/aromatic N) is 1. The molecule has 1 rings (SSSR count). The van der Waals surface area contributed by atoms with E-state index in [-0.39, 0.29) is 31.2 Å². The van der Waals surface area contributed by atoms with Crippen molar-refractivity contribution in [3.8, 4) is 0 Å². The van der Waals surface area contributed by atoms with Gasteiger partial charge in [-0.1, -0.05) is 6.07 Å². The maximum absolute atomic E-state index is 13.0. The Labute approximate surface area is 122 Å². The first-order chi connectivity index (χ1) is 10.1. The maximum Gasteiger partial charge on any atom is 0.251 e. The molecule has 1 aromatic carbocycles. The number of carbonyl (C=O) groups is 2. The molecule has 1 aromatic rings. The highest BCUT2D eigenvalue weighted by molar-refractivity contribution is 5.96. The third-order valence-electron chi connectivity index (χ3n) is 2.77. The lowest BCUT2D eigenvalue weighted by Crippen LogP contribution is -2.42. The summed E-state index contributed by atoms with van der Waals surface area (Å²) in [5.41, 5.74) is 0.147. The number of methoxy groups -OCH3 is 1. The van der Waals surface area contributed by atoms with Crippen molar-refractivity contribution in [3.63, 3.8) is 0 Å². The van der Waals surface area contributed by atoms with Crippen molar-refractivity contribution in [2.24, 2.45) is 0 Å². The normalized spacial score (nSPS) is 10.2. The molecular weight excluding hydrogens is 279 g/mol. The van der Waals surface area contributed by atoms with Crippen LogP contribution >= 0.6 is 0 Å². The number of ether oxygens (including phenoxy) is 1. The molecule has 0 aliphatic heterocycles. The van der Waals surface area contributed by atoms with E-state index in [0.717, 1.165) is 6.07 Å². The first kappa shape index (κ1) is 17.1. The molecule has 2 N–H and O–H groups in total. The van der Waals surface area contributed by atoms with Gasteiger partial charge in [0, 0.05) is 25.8 Å². The molecule has 0 unspecified atom stereocenters. The number of carbonyl (C=O) groups excluding carboxylic acids is 2. The number of aliphatic hydroxyl groups is 1. The number of aliphatic hydroxyl groups excluding tert-OH is 1. The smallest absolute Gasteiger partial charge is 0.251 e. The summed E-state index contributed by atoms with van der Waals surface area (Å²) in [5.74, 6) is -1.39. The zero-order valence-corrected chi connectivity index (χ0v) is 11.8. The Morgan fingerprint density at radius 3 is 2.76 bits per heavy atom. The maximum atomic E-state index is 13.0. The number of halogens is 1. The van der Waals surface area contributed by atoms with Gasteiger partial charge in [-0.3, -0.25) is 9.59 Å². The first-order valence-electron chi connectivity index (χ1n) is 6.49. The third-order valence-corrected chi connectivity index (χ3v) is 2.77. The Morgan fingerprint density at radius 2 is 2.14 bits per heavy atom. The topological polar surface area (TPSA) is 78.9 Å². The summed E-state index contributed by atoms with van der Waals surface area (Å²) in [5, 5.41) is 11.3. The summed E-state index contributed by atoms with van der Waals surface area (Å²) in [6, 6.07) is 5.20. The van der Waals surface area contributed by atoms with Gasteiger partial charge in [0.1, 0.15) is 5.82 Å². The molecule has 0 aliphatic carbocycles. The number of nitrogens with one attached hydrogen (secondary N) is 1. The summed E-state index contributed by atoms with van der Waals surface area (Å²) in [7, 11) is 1.51. The van der Waals surface area contributed by atoms with Gasteiger partial charge in [-0.25, -0.2) is 4.39 Å². The van der Waals surface area contributed by atoms with Gasteiger partial charge in [-0.15, -0.1) is 0 Å². The summed E-state index contributed by atoms with van der Waals surface area (Å²) >= 11 is 0. The lowest BCUT2D eigenvalue weighted by atomic mass is 10.2. The predicted molar refractivity (Wildman–Crippen MR) is 74.3 cm³/mol. The van der Waals surface area contributed by atoms with Crippen LogP contribution in [0.5, 0.6) is 0 Å². The standard InChI is InChI=1S/C14H19FN2O4/c1-21-8-6-17(5-7-18)13(19)10-16-14(20)11-3-2-4-12(15)9-11/h2-4,9,18H,5-8,10H2,1H3,(H,16,20). The molecule has 0 heterocycles. The molecular formula is C14H19FN2O4. The zero-order valence-electron chi connectivity index (χ0n) is 11.8. The van der Waals surface area contributed by atoms with E-state index in [1.54, 1.807) is 0 Å². The van der Waals surface area contributed by atoms with E-state index in [1.165, 1.54) is 30.2 Å². The van der Waals surface area contributed by atoms with E-state index in [2.05, 4.69) is 5.32 Å². The largest absolute Gasteiger partial charge is 0.395 e. The van der Waals surface area contributed by atoms with Gasteiger partial charge in [0.15, 0.2) is 0 Å². The summed E-state index contributed by atoms with van der Waals surface area (Å²) in [6.45, 7) is 0.430. The molecule has 7 heteroatoms. The van der Waals surface area contributed by atoms with Gasteiger partial charge in [0.2, 0.25) is 5.91 Å². The van der Waals surface area contributed by atoms with Crippen molar-refractivity contribution >= 4 is 11.8 Å². The molecule has 6 nitrogen and oxygen atoms in total. The fourth-order valence-corrected chi connectivity index (χ4v) is 1.68. The van der Waals surface area contributed by atoms with Crippen LogP contribution in [0, 0.1) is 5.82 Å². The molecule has 0 atom stereocenters. The van der Waals surface area contributed by atoms with Gasteiger partial charge < -0.3 is 20.1 Å². The Balaban J connectivity index is 2.51. The van der Waals surface area contributed by atoms with Crippen molar-refractivity contribution < 1.29 is 23.8 Å². The molecule has 0 bridgehead atoms. The quantitative estimate of drug-likeness (QED) is 0.709. The molecule has 0 saturated heterocycles. The van der Waals surface area contributed by atoms with Crippen molar-refractivity contribution in [3.05, 3.63) is 35.6 Å². The molecule has 0 radical (unpaired) electrons. The van der Waals surface area contributed by atoms with E-state index in [0.29, 0.717) is 13.2 Å². The van der Waals surface area contributed by atoms with E-state index in [9.17, 15) is 14.0 Å². The third kappa shape index (κ3) is 5.88. The van der Waals surface area contributed by atoms with Crippen LogP contribution in [-0.4, -0.2) is 61.8 Å². The molecule has 0 spiro atoms. The monoisotopic (exact) mass is 298 g/mol. The van der Waals surface area contributed by atoms with Crippen LogP contribution in [0.1, 0.15) is 10.4 Å². The highest BCUT2D eigenvalue weighted by atomic mass is 19.1. The molecule has 0 aromatic heterocycles. The minimum absolute atomic E-state index is 0.147. The summed E-state index contributed by atoms with van der Waals surface area (Å²) < 4.78 is 17.9. The van der Waals surface area contributed by atoms with Crippen LogP contribution < -0.4 is 5.32 Å². The number of hydrogen-bond donors (Lipinski definition) is 2. The lowest BCUT2D eigenvalue weighted by Gasteiger charge is -2.21. The average Bonchev–Trinajstić information content (AvgIpc) is 2.48. The van der Waals surface area contributed by atoms with Crippen LogP contribution in [0.4, 0.5) is 4.39 Å². The Morgan fingerprint density at radius 1 is 1.38 bits per heavy atom. The van der Waals surface area contributed by atoms with Gasteiger partial charge in [0.05, 0.1) is 19.8 Å². The number of hydrogen-bond acceptors (Lipinski definition) is 4. The van der Waals surface area contributed by atoms with E-state index < -0.39 is 11.7 Å². The van der Waals surface area contributed by atoms with Crippen LogP contribution in [0.15, 0.2) is 24.3 Å². The number of benzene rings is 1. The van der Waals surface area contributed by atoms with Gasteiger partial charge >= 0.3 is 0 Å². The van der Waals surface area contributed by atoms with E-state index >= 15 is 0 Å². The van der Waals surface area contributed by atoms with Gasteiger partial charge in [-0.05, 0) is 18.2 Å². The van der Waals surface area contributed by atoms with Crippen molar-refractivity contribution in [2.75, 3.05) is 40.0 Å². The number of amides is 2. The van der Waals surface area contributed by atoms with Crippen LogP contribution in [0.25, 0.3) is 0 Å². The van der Waals surface area contributed by atoms with E-state index in [4.69, 9.17) is 9.84 Å². The molecule has 2 amide bonds. The van der Waals surface area contributed by atoms with Crippen LogP contribution in [-0.2, 0) is 9.53 Å². The van der Waals surface area contributed by atoms with Crippen LogP contribution in [0.2, 0.25) is 0 Å². The second kappa shape index (κ2) is 9.04. The SMILES string of the molecule is COCCN(CCO)C(=O)CNC(=O)c1cccc(F)c1. The van der Waals surface area contributed by atoms with E-state index in [1.807, 2.05) is 0 Å². The fourth-order valence-electron chi connectivity index (χ4n) is 1.68. The minimum atomic E-state index is -0.529. The van der Waals surface area contributed by atoms with Gasteiger partial charge in [-0.2, -0.15) is 0 Å². The average molecular weight is 298 g/mol. The molecule has 116 valence electrons. The first-order valence-corrected chi connectivity index (χ1v) is 6.49. The second-order valence-electron chi connectivity index (χ2n) is 4.29. The Hall–Kier alpha value is -1.99. The zero-order chi connectivity index (χ0) is 15.7. The molecule has 0 saturated carbocycles. The van der Waals surface area contributed by atoms with Crippen molar-refractivity contribution in [2.45, 2.75) is 0 Å². The summed E-state index contributed by atoms with van der Waals surface area (Å²) in [6.07, 6.45) is 0. The molecule has 0 fully saturated rings. The fraction of sp³-hybridized carbons (Fsp3) is 0.429. The predicted octanol–water partition coefficient (Wildman–Crippen LogP) is 0.0228. The highest BCUT2D eigenvalue weighted by Crippen LogP contribution is 2.03. The Kier molecular flexibility index (Phi) is 7.34. The minimum Gasteiger partial charge on any atom is -0.395 e. The van der Waals surface area contributed by atoms with Gasteiger partial charge in [0.25, 0.3) is 5.91 Å². The highest BCUT2D eigenvalue weighted by Gasteiger charge is 2.14. The second-order valence-corrected chi connectivity index (χ2v) is 4.29. The summed E-state index contributed by atoms with van der Waals surface area (Å²) in [4.78, 5) is 25.1. The number of rotatable bonds is 8. The molecule has 0 aliphatic rings. The van der Waals surface area contributed by atoms with Crippen molar-refractivity contribution in [1.82, 2.24) is 10.2 Å². The van der Waals surface area contributed by atoms with Crippen LogP contribution in [0.3, 0.4) is 0 Å². The Bertz CT molecular complexity index is 482. The van der Waals surface area contributed by atoms with Crippen molar-refractivity contribution in [1.29, 1.82) is 0 Å². The molecule has 21 heavy (non-hydrogen) atoms.